The highest BCUT2D eigenvalue weighted by Crippen LogP contribution is 2.32. The van der Waals surface area contributed by atoms with E-state index in [0.717, 1.165) is 13.0 Å². The number of aryl methyl sites for hydroxylation is 1. The predicted molar refractivity (Wildman–Crippen MR) is 96.6 cm³/mol. The van der Waals surface area contributed by atoms with Crippen LogP contribution in [0.25, 0.3) is 0 Å². The number of carbonyl (C=O) groups is 2. The third-order valence-corrected chi connectivity index (χ3v) is 4.20. The summed E-state index contributed by atoms with van der Waals surface area (Å²) in [6.45, 7) is 3.81. The molecule has 2 heterocycles. The van der Waals surface area contributed by atoms with Crippen LogP contribution < -0.4 is 9.47 Å². The lowest BCUT2D eigenvalue weighted by Gasteiger charge is -2.22. The topological polar surface area (TPSA) is 82.9 Å². The van der Waals surface area contributed by atoms with E-state index in [4.69, 9.17) is 14.2 Å². The van der Waals surface area contributed by atoms with Gasteiger partial charge in [-0.25, -0.2) is 4.98 Å². The van der Waals surface area contributed by atoms with E-state index in [1.54, 1.807) is 42.5 Å². The maximum atomic E-state index is 13.0. The highest BCUT2D eigenvalue weighted by molar-refractivity contribution is 5.95. The molecule has 0 fully saturated rings. The van der Waals surface area contributed by atoms with Crippen LogP contribution in [-0.4, -0.2) is 52.8 Å². The van der Waals surface area contributed by atoms with E-state index in [9.17, 15) is 9.59 Å². The number of imidazole rings is 1. The lowest BCUT2D eigenvalue weighted by molar-refractivity contribution is -0.143. The van der Waals surface area contributed by atoms with Crippen molar-refractivity contribution >= 4 is 11.9 Å². The zero-order valence-electron chi connectivity index (χ0n) is 15.3. The highest BCUT2D eigenvalue weighted by Gasteiger charge is 2.21. The summed E-state index contributed by atoms with van der Waals surface area (Å²) in [5.41, 5.74) is 0.505. The van der Waals surface area contributed by atoms with Crippen molar-refractivity contribution in [3.05, 3.63) is 42.5 Å². The number of esters is 1. The number of fused-ring (bicyclic) bond motifs is 1. The van der Waals surface area contributed by atoms with Gasteiger partial charge in [0.2, 0.25) is 6.79 Å². The quantitative estimate of drug-likeness (QED) is 0.626. The van der Waals surface area contributed by atoms with E-state index in [1.165, 1.54) is 0 Å². The zero-order chi connectivity index (χ0) is 19.1. The summed E-state index contributed by atoms with van der Waals surface area (Å²) in [4.78, 5) is 30.4. The van der Waals surface area contributed by atoms with E-state index >= 15 is 0 Å². The summed E-state index contributed by atoms with van der Waals surface area (Å²) in [5, 5.41) is 0. The second kappa shape index (κ2) is 9.07. The van der Waals surface area contributed by atoms with Crippen molar-refractivity contribution < 1.29 is 23.8 Å². The first-order valence-corrected chi connectivity index (χ1v) is 8.97. The van der Waals surface area contributed by atoms with Crippen LogP contribution in [0.2, 0.25) is 0 Å². The average molecular weight is 373 g/mol. The molecule has 0 saturated heterocycles. The summed E-state index contributed by atoms with van der Waals surface area (Å²) in [6.07, 6.45) is 6.24. The van der Waals surface area contributed by atoms with Crippen molar-refractivity contribution in [2.45, 2.75) is 26.3 Å². The maximum Gasteiger partial charge on any atom is 0.307 e. The third kappa shape index (κ3) is 4.99. The van der Waals surface area contributed by atoms with E-state index in [1.807, 2.05) is 10.8 Å². The molecule has 0 bridgehead atoms. The Labute approximate surface area is 157 Å². The Balaban J connectivity index is 1.65. The van der Waals surface area contributed by atoms with Gasteiger partial charge in [-0.1, -0.05) is 0 Å². The molecule has 0 spiro atoms. The fourth-order valence-corrected chi connectivity index (χ4v) is 2.85. The molecule has 0 N–H and O–H groups in total. The molecular weight excluding hydrogens is 350 g/mol. The normalized spacial score (nSPS) is 12.0. The van der Waals surface area contributed by atoms with Gasteiger partial charge >= 0.3 is 5.97 Å². The average Bonchev–Trinajstić information content (AvgIpc) is 3.35. The Morgan fingerprint density at radius 1 is 1.26 bits per heavy atom. The number of aromatic nitrogens is 2. The fraction of sp³-hybridized carbons (Fsp3) is 0.421. The Kier molecular flexibility index (Phi) is 6.30. The van der Waals surface area contributed by atoms with Crippen molar-refractivity contribution in [3.8, 4) is 11.5 Å². The third-order valence-electron chi connectivity index (χ3n) is 4.20. The summed E-state index contributed by atoms with van der Waals surface area (Å²) >= 11 is 0. The molecule has 0 radical (unpaired) electrons. The first kappa shape index (κ1) is 18.8. The lowest BCUT2D eigenvalue weighted by Crippen LogP contribution is -2.34. The molecule has 1 aromatic carbocycles. The van der Waals surface area contributed by atoms with E-state index < -0.39 is 0 Å². The molecule has 144 valence electrons. The van der Waals surface area contributed by atoms with Gasteiger partial charge in [0.15, 0.2) is 11.5 Å². The Morgan fingerprint density at radius 2 is 2.11 bits per heavy atom. The van der Waals surface area contributed by atoms with Crippen LogP contribution in [-0.2, 0) is 16.1 Å². The Bertz CT molecular complexity index is 776. The van der Waals surface area contributed by atoms with Crippen LogP contribution in [0.4, 0.5) is 0 Å². The van der Waals surface area contributed by atoms with Gasteiger partial charge in [-0.05, 0) is 31.5 Å². The minimum atomic E-state index is -0.310. The molecule has 3 rings (SSSR count). The molecule has 0 aliphatic carbocycles. The molecule has 0 unspecified atom stereocenters. The second-order valence-corrected chi connectivity index (χ2v) is 6.07. The van der Waals surface area contributed by atoms with Crippen molar-refractivity contribution in [1.29, 1.82) is 0 Å². The van der Waals surface area contributed by atoms with Gasteiger partial charge in [-0.2, -0.15) is 0 Å². The summed E-state index contributed by atoms with van der Waals surface area (Å²) < 4.78 is 17.6. The van der Waals surface area contributed by atoms with Crippen molar-refractivity contribution in [2.24, 2.45) is 0 Å². The van der Waals surface area contributed by atoms with Crippen LogP contribution >= 0.6 is 0 Å². The molecule has 1 aliphatic rings. The molecule has 0 atom stereocenters. The Hall–Kier alpha value is -3.03. The molecule has 8 nitrogen and oxygen atoms in total. The molecule has 1 aliphatic heterocycles. The number of benzene rings is 1. The summed E-state index contributed by atoms with van der Waals surface area (Å²) in [6, 6.07) is 5.12. The van der Waals surface area contributed by atoms with Gasteiger partial charge in [0.25, 0.3) is 5.91 Å². The molecule has 0 saturated carbocycles. The van der Waals surface area contributed by atoms with Gasteiger partial charge in [0, 0.05) is 37.6 Å². The van der Waals surface area contributed by atoms with Gasteiger partial charge in [-0.3, -0.25) is 9.59 Å². The molecule has 1 amide bonds. The van der Waals surface area contributed by atoms with Crippen LogP contribution in [0.1, 0.15) is 30.1 Å². The lowest BCUT2D eigenvalue weighted by atomic mass is 10.1. The predicted octanol–water partition coefficient (Wildman–Crippen LogP) is 2.10. The number of hydrogen-bond acceptors (Lipinski definition) is 6. The summed E-state index contributed by atoms with van der Waals surface area (Å²) in [7, 11) is 0. The maximum absolute atomic E-state index is 13.0. The van der Waals surface area contributed by atoms with Gasteiger partial charge < -0.3 is 23.7 Å². The Morgan fingerprint density at radius 3 is 2.89 bits per heavy atom. The molecule has 1 aromatic heterocycles. The molecule has 27 heavy (non-hydrogen) atoms. The number of ether oxygens (including phenoxy) is 3. The van der Waals surface area contributed by atoms with E-state index in [-0.39, 0.29) is 25.1 Å². The van der Waals surface area contributed by atoms with E-state index in [0.29, 0.717) is 36.8 Å². The van der Waals surface area contributed by atoms with Crippen molar-refractivity contribution in [3.63, 3.8) is 0 Å². The van der Waals surface area contributed by atoms with Crippen molar-refractivity contribution in [2.75, 3.05) is 26.5 Å². The largest absolute Gasteiger partial charge is 0.466 e. The first-order chi connectivity index (χ1) is 13.2. The summed E-state index contributed by atoms with van der Waals surface area (Å²) in [5.74, 6) is 0.730. The monoisotopic (exact) mass is 373 g/mol. The highest BCUT2D eigenvalue weighted by atomic mass is 16.7. The zero-order valence-corrected chi connectivity index (χ0v) is 15.3. The van der Waals surface area contributed by atoms with E-state index in [2.05, 4.69) is 4.98 Å². The van der Waals surface area contributed by atoms with Crippen LogP contribution in [0.5, 0.6) is 11.5 Å². The van der Waals surface area contributed by atoms with Gasteiger partial charge in [0.05, 0.1) is 19.4 Å². The minimum Gasteiger partial charge on any atom is -0.466 e. The SMILES string of the molecule is CCOC(=O)CCN(CCCn1ccnc1)C(=O)c1ccc2c(c1)OCO2. The number of amides is 1. The molecular formula is C19H23N3O5. The van der Waals surface area contributed by atoms with Crippen LogP contribution in [0.3, 0.4) is 0 Å². The smallest absolute Gasteiger partial charge is 0.307 e. The minimum absolute atomic E-state index is 0.150. The van der Waals surface area contributed by atoms with Crippen LogP contribution in [0.15, 0.2) is 36.9 Å². The standard InChI is InChI=1S/C19H23N3O5/c1-2-25-18(23)6-10-22(9-3-8-21-11-7-20-13-21)19(24)15-4-5-16-17(12-15)27-14-26-16/h4-5,7,11-13H,2-3,6,8-10,14H2,1H3. The number of carbonyl (C=O) groups excluding carboxylic acids is 2. The van der Waals surface area contributed by atoms with Gasteiger partial charge in [-0.15, -0.1) is 0 Å². The number of rotatable bonds is 9. The number of hydrogen-bond donors (Lipinski definition) is 0. The number of nitrogens with zero attached hydrogens (tertiary/aromatic N) is 3. The van der Waals surface area contributed by atoms with Gasteiger partial charge in [0.1, 0.15) is 0 Å². The first-order valence-electron chi connectivity index (χ1n) is 8.97. The molecule has 8 heteroatoms. The van der Waals surface area contributed by atoms with Crippen molar-refractivity contribution in [1.82, 2.24) is 14.5 Å². The molecule has 2 aromatic rings. The second-order valence-electron chi connectivity index (χ2n) is 6.07. The fourth-order valence-electron chi connectivity index (χ4n) is 2.85. The van der Waals surface area contributed by atoms with Crippen LogP contribution in [0, 0.1) is 0 Å².